The van der Waals surface area contributed by atoms with E-state index in [-0.39, 0.29) is 28.0 Å². The largest absolute Gasteiger partial charge is 0.407 e. The topological polar surface area (TPSA) is 81.2 Å². The number of nitrogens with one attached hydrogen (secondary N) is 1. The number of allylic oxidation sites excluding steroid dienone is 1. The number of hydrogen-bond donors (Lipinski definition) is 1. The lowest BCUT2D eigenvalue weighted by Crippen LogP contribution is -2.51. The second kappa shape index (κ2) is 10.4. The van der Waals surface area contributed by atoms with Crippen LogP contribution < -0.4 is 21.6 Å². The third-order valence-corrected chi connectivity index (χ3v) is 9.54. The summed E-state index contributed by atoms with van der Waals surface area (Å²) < 4.78 is 8.78. The second-order valence-electron chi connectivity index (χ2n) is 9.96. The highest BCUT2D eigenvalue weighted by Gasteiger charge is 2.42. The van der Waals surface area contributed by atoms with Gasteiger partial charge in [0.05, 0.1) is 16.6 Å². The molecule has 3 atom stereocenters. The number of carbonyl (C=O) groups excluding carboxylic acids is 1. The molecule has 1 aliphatic rings. The molecular weight excluding hydrogens is 524 g/mol. The van der Waals surface area contributed by atoms with Crippen LogP contribution in [-0.2, 0) is 9.22 Å². The summed E-state index contributed by atoms with van der Waals surface area (Å²) in [5.74, 6) is -0.197. The molecule has 0 radical (unpaired) electrons. The highest BCUT2D eigenvalue weighted by molar-refractivity contribution is 9.10. The predicted molar refractivity (Wildman–Crippen MR) is 144 cm³/mol. The van der Waals surface area contributed by atoms with Crippen molar-refractivity contribution in [3.8, 4) is 0 Å². The van der Waals surface area contributed by atoms with E-state index in [0.29, 0.717) is 12.0 Å². The smallest absolute Gasteiger partial charge is 0.328 e. The van der Waals surface area contributed by atoms with Crippen LogP contribution in [0.3, 0.4) is 0 Å². The van der Waals surface area contributed by atoms with Crippen LogP contribution in [0.5, 0.6) is 0 Å². The van der Waals surface area contributed by atoms with E-state index in [1.807, 2.05) is 42.5 Å². The Balaban J connectivity index is 1.72. The van der Waals surface area contributed by atoms with E-state index in [4.69, 9.17) is 4.43 Å². The molecule has 0 saturated heterocycles. The summed E-state index contributed by atoms with van der Waals surface area (Å²) in [5, 5.41) is 2.33. The van der Waals surface area contributed by atoms with Gasteiger partial charge in [0.2, 0.25) is 9.04 Å². The van der Waals surface area contributed by atoms with Crippen LogP contribution in [-0.4, -0.2) is 31.0 Å². The highest BCUT2D eigenvalue weighted by atomic mass is 79.9. The Morgan fingerprint density at radius 2 is 1.63 bits per heavy atom. The number of aromatic amines is 1. The van der Waals surface area contributed by atoms with Gasteiger partial charge in [0, 0.05) is 12.1 Å². The number of nitrogens with zero attached hydrogens (tertiary/aromatic N) is 1. The first-order valence-corrected chi connectivity index (χ1v) is 14.0. The summed E-state index contributed by atoms with van der Waals surface area (Å²) in [4.78, 5) is 38.9. The standard InChI is InChI=1S/C27H29BrN2O4Si/c1-27(2,3)24(34-35(20-10-6-4-7-11-20)21-12-8-5-9-13-21)22-15-19(14-18(22)17-31)30-16-23(28)25(32)29-26(30)33/h4-14,16-17,19,22,24,35H,15H2,1-3H3,(H,29,32,33). The second-order valence-corrected chi connectivity index (χ2v) is 13.2. The molecule has 8 heteroatoms. The van der Waals surface area contributed by atoms with Gasteiger partial charge in [-0.15, -0.1) is 0 Å². The van der Waals surface area contributed by atoms with Gasteiger partial charge < -0.3 is 4.43 Å². The van der Waals surface area contributed by atoms with Crippen LogP contribution in [0.1, 0.15) is 33.2 Å². The van der Waals surface area contributed by atoms with Crippen molar-refractivity contribution in [2.24, 2.45) is 11.3 Å². The first-order chi connectivity index (χ1) is 16.7. The third kappa shape index (κ3) is 5.55. The highest BCUT2D eigenvalue weighted by Crippen LogP contribution is 2.41. The Morgan fingerprint density at radius 3 is 2.14 bits per heavy atom. The van der Waals surface area contributed by atoms with Crippen molar-refractivity contribution in [2.45, 2.75) is 39.3 Å². The molecule has 182 valence electrons. The van der Waals surface area contributed by atoms with Crippen LogP contribution in [0.4, 0.5) is 0 Å². The van der Waals surface area contributed by atoms with Gasteiger partial charge in [-0.05, 0) is 43.7 Å². The van der Waals surface area contributed by atoms with Gasteiger partial charge in [0.25, 0.3) is 5.56 Å². The van der Waals surface area contributed by atoms with Gasteiger partial charge in [0.1, 0.15) is 6.29 Å². The van der Waals surface area contributed by atoms with Gasteiger partial charge in [-0.3, -0.25) is 19.1 Å². The fourth-order valence-corrected chi connectivity index (χ4v) is 7.84. The fourth-order valence-electron chi connectivity index (χ4n) is 4.79. The normalized spacial score (nSPS) is 18.9. The molecular formula is C27H29BrN2O4Si. The lowest BCUT2D eigenvalue weighted by molar-refractivity contribution is -0.105. The maximum Gasteiger partial charge on any atom is 0.328 e. The summed E-state index contributed by atoms with van der Waals surface area (Å²) in [6.45, 7) is 6.37. The van der Waals surface area contributed by atoms with Crippen molar-refractivity contribution >= 4 is 41.6 Å². The molecule has 1 N–H and O–H groups in total. The minimum absolute atomic E-state index is 0.197. The van der Waals surface area contributed by atoms with Crippen molar-refractivity contribution < 1.29 is 9.22 Å². The molecule has 3 unspecified atom stereocenters. The van der Waals surface area contributed by atoms with Crippen LogP contribution >= 0.6 is 15.9 Å². The van der Waals surface area contributed by atoms with Gasteiger partial charge >= 0.3 is 5.69 Å². The molecule has 1 heterocycles. The SMILES string of the molecule is CC(C)(C)C(O[SiH](c1ccccc1)c1ccccc1)C1CC(n2cc(Br)c(=O)[nH]c2=O)C=C1C=O. The number of benzene rings is 2. The summed E-state index contributed by atoms with van der Waals surface area (Å²) in [6, 6.07) is 20.2. The lowest BCUT2D eigenvalue weighted by atomic mass is 9.78. The number of aldehydes is 1. The van der Waals surface area contributed by atoms with E-state index in [9.17, 15) is 14.4 Å². The summed E-state index contributed by atoms with van der Waals surface area (Å²) in [6.07, 6.45) is 4.46. The Bertz CT molecular complexity index is 1290. The Labute approximate surface area is 214 Å². The van der Waals surface area contributed by atoms with E-state index in [1.54, 1.807) is 0 Å². The van der Waals surface area contributed by atoms with Crippen molar-refractivity contribution in [3.63, 3.8) is 0 Å². The maximum atomic E-state index is 12.5. The molecule has 0 amide bonds. The van der Waals surface area contributed by atoms with Gasteiger partial charge in [-0.25, -0.2) is 4.79 Å². The number of rotatable bonds is 7. The molecule has 0 fully saturated rings. The zero-order valence-electron chi connectivity index (χ0n) is 20.0. The number of aromatic nitrogens is 2. The number of carbonyl (C=O) groups is 1. The minimum atomic E-state index is -2.09. The number of halogens is 1. The van der Waals surface area contributed by atoms with Crippen LogP contribution in [0.2, 0.25) is 0 Å². The van der Waals surface area contributed by atoms with Crippen molar-refractivity contribution in [3.05, 3.63) is 104 Å². The van der Waals surface area contributed by atoms with Crippen LogP contribution in [0.25, 0.3) is 0 Å². The van der Waals surface area contributed by atoms with E-state index in [1.165, 1.54) is 21.1 Å². The summed E-state index contributed by atoms with van der Waals surface area (Å²) in [7, 11) is -2.09. The van der Waals surface area contributed by atoms with Crippen molar-refractivity contribution in [1.82, 2.24) is 9.55 Å². The van der Waals surface area contributed by atoms with E-state index in [0.717, 1.165) is 6.29 Å². The minimum Gasteiger partial charge on any atom is -0.407 e. The Kier molecular flexibility index (Phi) is 7.54. The molecule has 2 aromatic carbocycles. The average Bonchev–Trinajstić information content (AvgIpc) is 3.26. The van der Waals surface area contributed by atoms with Crippen LogP contribution in [0, 0.1) is 11.3 Å². The first-order valence-electron chi connectivity index (χ1n) is 11.6. The van der Waals surface area contributed by atoms with Gasteiger partial charge in [-0.2, -0.15) is 0 Å². The van der Waals surface area contributed by atoms with E-state index in [2.05, 4.69) is 66.0 Å². The molecule has 6 nitrogen and oxygen atoms in total. The van der Waals surface area contributed by atoms with E-state index >= 15 is 0 Å². The molecule has 0 saturated carbocycles. The van der Waals surface area contributed by atoms with Crippen molar-refractivity contribution in [2.75, 3.05) is 0 Å². The quantitative estimate of drug-likeness (QED) is 0.361. The zero-order chi connectivity index (χ0) is 25.2. The molecule has 3 aromatic rings. The predicted octanol–water partition coefficient (Wildman–Crippen LogP) is 2.95. The molecule has 0 aliphatic heterocycles. The zero-order valence-corrected chi connectivity index (χ0v) is 22.7. The fraction of sp³-hybridized carbons (Fsp3) is 0.296. The van der Waals surface area contributed by atoms with Gasteiger partial charge in [0.15, 0.2) is 0 Å². The van der Waals surface area contributed by atoms with E-state index < -0.39 is 20.3 Å². The van der Waals surface area contributed by atoms with Crippen LogP contribution in [0.15, 0.2) is 92.6 Å². The first kappa shape index (κ1) is 25.3. The molecule has 0 spiro atoms. The van der Waals surface area contributed by atoms with Crippen molar-refractivity contribution in [1.29, 1.82) is 0 Å². The molecule has 4 rings (SSSR count). The summed E-state index contributed by atoms with van der Waals surface area (Å²) >= 11 is 3.21. The monoisotopic (exact) mass is 552 g/mol. The lowest BCUT2D eigenvalue weighted by Gasteiger charge is -2.39. The Hall–Kier alpha value is -2.81. The third-order valence-electron chi connectivity index (χ3n) is 6.43. The number of hydrogen-bond acceptors (Lipinski definition) is 4. The number of H-pyrrole nitrogens is 1. The molecule has 0 bridgehead atoms. The molecule has 1 aromatic heterocycles. The molecule has 35 heavy (non-hydrogen) atoms. The molecule has 1 aliphatic carbocycles. The Morgan fingerprint density at radius 1 is 1.06 bits per heavy atom. The maximum absolute atomic E-state index is 12.5. The average molecular weight is 554 g/mol. The van der Waals surface area contributed by atoms with Gasteiger partial charge in [-0.1, -0.05) is 87.5 Å². The summed E-state index contributed by atoms with van der Waals surface area (Å²) in [5.41, 5.74) is -0.624.